The number of hydrazone groups is 1. The lowest BCUT2D eigenvalue weighted by Crippen LogP contribution is -2.29. The number of aromatic nitrogens is 4. The normalized spacial score (nSPS) is 11.4. The molecule has 29 heavy (non-hydrogen) atoms. The van der Waals surface area contributed by atoms with E-state index in [9.17, 15) is 9.59 Å². The van der Waals surface area contributed by atoms with E-state index < -0.39 is 11.2 Å². The molecule has 2 heterocycles. The van der Waals surface area contributed by atoms with E-state index in [0.29, 0.717) is 31.5 Å². The Morgan fingerprint density at radius 2 is 2.17 bits per heavy atom. The number of imidazole rings is 1. The zero-order valence-electron chi connectivity index (χ0n) is 16.2. The van der Waals surface area contributed by atoms with Crippen LogP contribution in [0.15, 0.2) is 37.4 Å². The highest BCUT2D eigenvalue weighted by Gasteiger charge is 2.17. The number of aromatic amines is 1. The molecule has 0 saturated heterocycles. The number of ether oxygens (including phenoxy) is 2. The third-order valence-corrected chi connectivity index (χ3v) is 4.72. The molecule has 0 atom stereocenters. The molecule has 154 valence electrons. The molecular weight excluding hydrogens is 444 g/mol. The van der Waals surface area contributed by atoms with Gasteiger partial charge in [-0.15, -0.1) is 0 Å². The topological polar surface area (TPSA) is 116 Å². The van der Waals surface area contributed by atoms with Crippen molar-refractivity contribution >= 4 is 39.3 Å². The summed E-state index contributed by atoms with van der Waals surface area (Å²) < 4.78 is 14.5. The van der Waals surface area contributed by atoms with Crippen LogP contribution >= 0.6 is 15.9 Å². The molecule has 3 aromatic rings. The Balaban J connectivity index is 2.00. The number of hydrogen-bond donors (Lipinski definition) is 2. The minimum atomic E-state index is -0.536. The second kappa shape index (κ2) is 9.05. The van der Waals surface area contributed by atoms with Crippen molar-refractivity contribution in [3.63, 3.8) is 0 Å². The zero-order chi connectivity index (χ0) is 21.0. The summed E-state index contributed by atoms with van der Waals surface area (Å²) in [5.74, 6) is 0.971. The fraction of sp³-hybridized carbons (Fsp3) is 0.333. The summed E-state index contributed by atoms with van der Waals surface area (Å²) in [7, 11) is 3.12. The van der Waals surface area contributed by atoms with Gasteiger partial charge in [0.25, 0.3) is 5.56 Å². The monoisotopic (exact) mass is 464 g/mol. The Morgan fingerprint density at radius 3 is 2.90 bits per heavy atom. The third kappa shape index (κ3) is 4.40. The molecule has 1 aromatic carbocycles. The van der Waals surface area contributed by atoms with E-state index in [1.165, 1.54) is 4.57 Å². The highest BCUT2D eigenvalue weighted by Crippen LogP contribution is 2.21. The lowest BCUT2D eigenvalue weighted by molar-refractivity contribution is 0.140. The highest BCUT2D eigenvalue weighted by atomic mass is 79.9. The molecule has 0 aliphatic carbocycles. The van der Waals surface area contributed by atoms with Crippen LogP contribution in [-0.4, -0.2) is 45.6 Å². The van der Waals surface area contributed by atoms with Crippen LogP contribution < -0.4 is 21.4 Å². The van der Waals surface area contributed by atoms with Gasteiger partial charge in [0.1, 0.15) is 5.75 Å². The summed E-state index contributed by atoms with van der Waals surface area (Å²) >= 11 is 3.42. The summed E-state index contributed by atoms with van der Waals surface area (Å²) in [4.78, 5) is 31.0. The Labute approximate surface area is 174 Å². The van der Waals surface area contributed by atoms with Crippen molar-refractivity contribution in [2.24, 2.45) is 12.1 Å². The number of hydrogen-bond acceptors (Lipinski definition) is 7. The van der Waals surface area contributed by atoms with Crippen LogP contribution in [0.5, 0.6) is 5.75 Å². The fourth-order valence-electron chi connectivity index (χ4n) is 2.80. The highest BCUT2D eigenvalue weighted by molar-refractivity contribution is 9.10. The van der Waals surface area contributed by atoms with Crippen molar-refractivity contribution in [1.29, 1.82) is 0 Å². The number of fused-ring (bicyclic) bond motifs is 1. The molecule has 10 nitrogen and oxygen atoms in total. The lowest BCUT2D eigenvalue weighted by Gasteiger charge is -2.08. The molecule has 3 rings (SSSR count). The predicted molar refractivity (Wildman–Crippen MR) is 114 cm³/mol. The minimum Gasteiger partial charge on any atom is -0.496 e. The molecule has 0 fully saturated rings. The second-order valence-corrected chi connectivity index (χ2v) is 6.95. The molecule has 0 aliphatic heterocycles. The Bertz CT molecular complexity index is 1160. The molecule has 0 radical (unpaired) electrons. The van der Waals surface area contributed by atoms with E-state index in [1.807, 2.05) is 25.1 Å². The van der Waals surface area contributed by atoms with E-state index in [1.54, 1.807) is 24.9 Å². The van der Waals surface area contributed by atoms with Gasteiger partial charge < -0.3 is 14.0 Å². The number of nitrogens with one attached hydrogen (secondary N) is 2. The van der Waals surface area contributed by atoms with Gasteiger partial charge in [0, 0.05) is 30.2 Å². The number of methoxy groups -OCH3 is 1. The first-order chi connectivity index (χ1) is 14.0. The van der Waals surface area contributed by atoms with Crippen LogP contribution in [0.4, 0.5) is 5.95 Å². The zero-order valence-corrected chi connectivity index (χ0v) is 17.8. The Hall–Kier alpha value is -2.92. The molecule has 2 N–H and O–H groups in total. The van der Waals surface area contributed by atoms with Gasteiger partial charge in [0.15, 0.2) is 11.2 Å². The van der Waals surface area contributed by atoms with Gasteiger partial charge in [-0.2, -0.15) is 10.1 Å². The van der Waals surface area contributed by atoms with Crippen molar-refractivity contribution in [3.8, 4) is 5.75 Å². The van der Waals surface area contributed by atoms with E-state index in [0.717, 1.165) is 10.0 Å². The first-order valence-electron chi connectivity index (χ1n) is 8.86. The number of halogens is 1. The maximum absolute atomic E-state index is 12.4. The van der Waals surface area contributed by atoms with Gasteiger partial charge >= 0.3 is 5.69 Å². The smallest absolute Gasteiger partial charge is 0.329 e. The van der Waals surface area contributed by atoms with Crippen molar-refractivity contribution in [1.82, 2.24) is 19.1 Å². The number of aryl methyl sites for hydroxylation is 1. The lowest BCUT2D eigenvalue weighted by atomic mass is 10.2. The van der Waals surface area contributed by atoms with Gasteiger partial charge in [-0.3, -0.25) is 14.3 Å². The molecule has 0 spiro atoms. The molecule has 0 bridgehead atoms. The number of rotatable bonds is 8. The van der Waals surface area contributed by atoms with Crippen LogP contribution in [0.25, 0.3) is 11.2 Å². The van der Waals surface area contributed by atoms with E-state index >= 15 is 0 Å². The van der Waals surface area contributed by atoms with Crippen molar-refractivity contribution in [2.45, 2.75) is 13.5 Å². The van der Waals surface area contributed by atoms with Crippen LogP contribution in [0.3, 0.4) is 0 Å². The molecular formula is C18H21BrN6O4. The van der Waals surface area contributed by atoms with Crippen LogP contribution in [-0.2, 0) is 18.3 Å². The Kier molecular flexibility index (Phi) is 6.49. The molecule has 0 amide bonds. The standard InChI is InChI=1S/C18H21BrN6O4/c1-4-29-8-7-25-14-15(24(2)18(27)22-16(14)26)21-17(25)23-20-10-11-9-12(19)5-6-13(11)28-3/h5-6,9-10H,4,7-8H2,1-3H3,(H,21,23)(H,22,26,27)/b20-10-. The van der Waals surface area contributed by atoms with Crippen LogP contribution in [0.2, 0.25) is 0 Å². The first kappa shape index (κ1) is 20.8. The van der Waals surface area contributed by atoms with Crippen molar-refractivity contribution in [3.05, 3.63) is 49.1 Å². The molecule has 0 saturated carbocycles. The SMILES string of the molecule is CCOCCn1c(N/N=C\c2cc(Br)ccc2OC)nc2c1c(=O)[nH]c(=O)n2C. The maximum atomic E-state index is 12.4. The first-order valence-corrected chi connectivity index (χ1v) is 9.65. The quantitative estimate of drug-likeness (QED) is 0.297. The summed E-state index contributed by atoms with van der Waals surface area (Å²) in [5, 5.41) is 4.23. The summed E-state index contributed by atoms with van der Waals surface area (Å²) in [6, 6.07) is 5.54. The summed E-state index contributed by atoms with van der Waals surface area (Å²) in [5.41, 5.74) is 3.07. The van der Waals surface area contributed by atoms with Crippen molar-refractivity contribution < 1.29 is 9.47 Å². The fourth-order valence-corrected chi connectivity index (χ4v) is 3.18. The van der Waals surface area contributed by atoms with Crippen LogP contribution in [0.1, 0.15) is 12.5 Å². The largest absolute Gasteiger partial charge is 0.496 e. The molecule has 0 aliphatic rings. The maximum Gasteiger partial charge on any atom is 0.329 e. The van der Waals surface area contributed by atoms with E-state index in [-0.39, 0.29) is 11.2 Å². The van der Waals surface area contributed by atoms with Crippen molar-refractivity contribution in [2.75, 3.05) is 25.7 Å². The summed E-state index contributed by atoms with van der Waals surface area (Å²) in [6.07, 6.45) is 1.58. The minimum absolute atomic E-state index is 0.257. The predicted octanol–water partition coefficient (Wildman–Crippen LogP) is 1.68. The number of anilines is 1. The molecule has 2 aromatic heterocycles. The number of nitrogens with zero attached hydrogens (tertiary/aromatic N) is 4. The van der Waals surface area contributed by atoms with Crippen LogP contribution in [0, 0.1) is 0 Å². The molecule has 0 unspecified atom stereocenters. The van der Waals surface area contributed by atoms with E-state index in [2.05, 4.69) is 36.4 Å². The van der Waals surface area contributed by atoms with Gasteiger partial charge in [-0.25, -0.2) is 10.2 Å². The van der Waals surface area contributed by atoms with Gasteiger partial charge in [0.05, 0.1) is 19.9 Å². The van der Waals surface area contributed by atoms with E-state index in [4.69, 9.17) is 9.47 Å². The van der Waals surface area contributed by atoms with Gasteiger partial charge in [0.2, 0.25) is 5.95 Å². The average molecular weight is 465 g/mol. The summed E-state index contributed by atoms with van der Waals surface area (Å²) in [6.45, 7) is 3.17. The Morgan fingerprint density at radius 1 is 1.38 bits per heavy atom. The average Bonchev–Trinajstić information content (AvgIpc) is 3.06. The number of benzene rings is 1. The second-order valence-electron chi connectivity index (χ2n) is 6.03. The third-order valence-electron chi connectivity index (χ3n) is 4.23. The molecule has 11 heteroatoms. The van der Waals surface area contributed by atoms with Gasteiger partial charge in [-0.1, -0.05) is 15.9 Å². The van der Waals surface area contributed by atoms with Gasteiger partial charge in [-0.05, 0) is 25.1 Å². The number of H-pyrrole nitrogens is 1.